The molecule has 1 unspecified atom stereocenters. The molecule has 2 aliphatic heterocycles. The average Bonchev–Trinajstić information content (AvgIpc) is 3.31. The van der Waals surface area contributed by atoms with Gasteiger partial charge in [0.25, 0.3) is 5.91 Å². The molecule has 2 aliphatic rings. The van der Waals surface area contributed by atoms with Crippen molar-refractivity contribution in [3.05, 3.63) is 59.6 Å². The van der Waals surface area contributed by atoms with Crippen molar-refractivity contribution in [2.24, 2.45) is 0 Å². The second-order valence-corrected chi connectivity index (χ2v) is 8.54. The summed E-state index contributed by atoms with van der Waals surface area (Å²) in [5.41, 5.74) is 3.25. The van der Waals surface area contributed by atoms with Crippen LogP contribution >= 0.6 is 0 Å². The molecule has 31 heavy (non-hydrogen) atoms. The number of nitrogens with zero attached hydrogens (tertiary/aromatic N) is 3. The first-order valence-electron chi connectivity index (χ1n) is 11.2. The van der Waals surface area contributed by atoms with E-state index in [2.05, 4.69) is 44.6 Å². The summed E-state index contributed by atoms with van der Waals surface area (Å²) in [6, 6.07) is 12.3. The standard InChI is InChI=1S/C24H28N4O3/c29-24(26-19-4-3-13-30-16-19)23-14-22(27-31-23)17-8-11-28(12-9-17)15-18-7-10-25-21-6-2-1-5-20(18)21/h1-2,5-7,10,14,17,19H,3-4,8-9,11-13,15-16H2,(H,26,29). The Bertz CT molecular complexity index is 1030. The fourth-order valence-electron chi connectivity index (χ4n) is 4.62. The lowest BCUT2D eigenvalue weighted by atomic mass is 9.93. The van der Waals surface area contributed by atoms with Gasteiger partial charge in [-0.25, -0.2) is 0 Å². The van der Waals surface area contributed by atoms with E-state index in [0.717, 1.165) is 63.1 Å². The average molecular weight is 421 g/mol. The fourth-order valence-corrected chi connectivity index (χ4v) is 4.62. The van der Waals surface area contributed by atoms with Gasteiger partial charge in [0.2, 0.25) is 5.76 Å². The van der Waals surface area contributed by atoms with Crippen LogP contribution in [0.2, 0.25) is 0 Å². The Morgan fingerprint density at radius 2 is 2.03 bits per heavy atom. The number of carbonyl (C=O) groups is 1. The summed E-state index contributed by atoms with van der Waals surface area (Å²) in [7, 11) is 0. The lowest BCUT2D eigenvalue weighted by molar-refractivity contribution is 0.0608. The van der Waals surface area contributed by atoms with E-state index in [0.29, 0.717) is 18.3 Å². The van der Waals surface area contributed by atoms with E-state index in [1.54, 1.807) is 0 Å². The zero-order valence-corrected chi connectivity index (χ0v) is 17.6. The van der Waals surface area contributed by atoms with Gasteiger partial charge in [-0.3, -0.25) is 14.7 Å². The summed E-state index contributed by atoms with van der Waals surface area (Å²) in [5, 5.41) is 8.42. The van der Waals surface area contributed by atoms with Crippen molar-refractivity contribution in [3.8, 4) is 0 Å². The third-order valence-corrected chi connectivity index (χ3v) is 6.39. The molecule has 0 saturated carbocycles. The first-order valence-corrected chi connectivity index (χ1v) is 11.2. The fraction of sp³-hybridized carbons (Fsp3) is 0.458. The molecule has 162 valence electrons. The third-order valence-electron chi connectivity index (χ3n) is 6.39. The highest BCUT2D eigenvalue weighted by molar-refractivity contribution is 5.91. The second kappa shape index (κ2) is 9.16. The monoisotopic (exact) mass is 420 g/mol. The minimum Gasteiger partial charge on any atom is -0.379 e. The van der Waals surface area contributed by atoms with Gasteiger partial charge in [0, 0.05) is 36.7 Å². The Morgan fingerprint density at radius 3 is 2.87 bits per heavy atom. The van der Waals surface area contributed by atoms with Crippen LogP contribution in [0.3, 0.4) is 0 Å². The maximum absolute atomic E-state index is 12.5. The minimum absolute atomic E-state index is 0.0577. The van der Waals surface area contributed by atoms with E-state index in [-0.39, 0.29) is 11.9 Å². The topological polar surface area (TPSA) is 80.5 Å². The molecule has 7 heteroatoms. The molecular weight excluding hydrogens is 392 g/mol. The molecule has 0 radical (unpaired) electrons. The number of para-hydroxylation sites is 1. The van der Waals surface area contributed by atoms with E-state index in [9.17, 15) is 4.79 Å². The van der Waals surface area contributed by atoms with Crippen LogP contribution < -0.4 is 5.32 Å². The van der Waals surface area contributed by atoms with E-state index in [4.69, 9.17) is 9.26 Å². The van der Waals surface area contributed by atoms with Crippen molar-refractivity contribution >= 4 is 16.8 Å². The molecule has 1 amide bonds. The van der Waals surface area contributed by atoms with Crippen molar-refractivity contribution in [3.63, 3.8) is 0 Å². The summed E-state index contributed by atoms with van der Waals surface area (Å²) in [5.74, 6) is 0.427. The molecule has 2 fully saturated rings. The Hall–Kier alpha value is -2.77. The number of carbonyl (C=O) groups excluding carboxylic acids is 1. The molecule has 0 bridgehead atoms. The highest BCUT2D eigenvalue weighted by Crippen LogP contribution is 2.29. The number of piperidine rings is 1. The molecule has 2 aromatic heterocycles. The van der Waals surface area contributed by atoms with Crippen molar-refractivity contribution in [2.75, 3.05) is 26.3 Å². The number of rotatable bonds is 5. The van der Waals surface area contributed by atoms with Crippen LogP contribution in [0.15, 0.2) is 47.1 Å². The van der Waals surface area contributed by atoms with Crippen LogP contribution in [0.5, 0.6) is 0 Å². The van der Waals surface area contributed by atoms with E-state index >= 15 is 0 Å². The Labute approximate surface area is 181 Å². The molecule has 7 nitrogen and oxygen atoms in total. The van der Waals surface area contributed by atoms with Gasteiger partial charge in [0.15, 0.2) is 0 Å². The zero-order chi connectivity index (χ0) is 21.0. The summed E-state index contributed by atoms with van der Waals surface area (Å²) < 4.78 is 10.8. The summed E-state index contributed by atoms with van der Waals surface area (Å²) in [4.78, 5) is 19.4. The quantitative estimate of drug-likeness (QED) is 0.680. The number of nitrogens with one attached hydrogen (secondary N) is 1. The molecule has 1 N–H and O–H groups in total. The van der Waals surface area contributed by atoms with Gasteiger partial charge in [-0.05, 0) is 56.5 Å². The molecule has 4 heterocycles. The number of ether oxygens (including phenoxy) is 1. The van der Waals surface area contributed by atoms with E-state index in [1.807, 2.05) is 18.3 Å². The summed E-state index contributed by atoms with van der Waals surface area (Å²) in [6.45, 7) is 4.25. The number of aromatic nitrogens is 2. The van der Waals surface area contributed by atoms with Crippen LogP contribution in [0.1, 0.15) is 53.4 Å². The largest absolute Gasteiger partial charge is 0.379 e. The molecule has 0 aliphatic carbocycles. The summed E-state index contributed by atoms with van der Waals surface area (Å²) >= 11 is 0. The minimum atomic E-state index is -0.198. The summed E-state index contributed by atoms with van der Waals surface area (Å²) in [6.07, 6.45) is 5.82. The van der Waals surface area contributed by atoms with Crippen LogP contribution in [-0.4, -0.2) is 53.3 Å². The Morgan fingerprint density at radius 1 is 1.16 bits per heavy atom. The predicted octanol–water partition coefficient (Wildman–Crippen LogP) is 3.51. The van der Waals surface area contributed by atoms with E-state index in [1.165, 1.54) is 10.9 Å². The maximum atomic E-state index is 12.5. The van der Waals surface area contributed by atoms with Gasteiger partial charge >= 0.3 is 0 Å². The number of pyridine rings is 1. The smallest absolute Gasteiger partial charge is 0.290 e. The molecular formula is C24H28N4O3. The molecule has 1 atom stereocenters. The lowest BCUT2D eigenvalue weighted by Crippen LogP contribution is -2.40. The maximum Gasteiger partial charge on any atom is 0.290 e. The number of fused-ring (bicyclic) bond motifs is 1. The normalized spacial score (nSPS) is 20.7. The number of hydrogen-bond acceptors (Lipinski definition) is 6. The van der Waals surface area contributed by atoms with Gasteiger partial charge in [0.05, 0.1) is 23.9 Å². The van der Waals surface area contributed by atoms with Crippen LogP contribution in [0, 0.1) is 0 Å². The van der Waals surface area contributed by atoms with Crippen molar-refractivity contribution in [1.82, 2.24) is 20.4 Å². The van der Waals surface area contributed by atoms with Gasteiger partial charge in [0.1, 0.15) is 0 Å². The molecule has 5 rings (SSSR count). The third kappa shape index (κ3) is 4.62. The van der Waals surface area contributed by atoms with Crippen LogP contribution in [-0.2, 0) is 11.3 Å². The Balaban J connectivity index is 1.17. The Kier molecular flexibility index (Phi) is 5.95. The highest BCUT2D eigenvalue weighted by atomic mass is 16.5. The van der Waals surface area contributed by atoms with Crippen molar-refractivity contribution in [1.29, 1.82) is 0 Å². The zero-order valence-electron chi connectivity index (χ0n) is 17.6. The van der Waals surface area contributed by atoms with Crippen molar-refractivity contribution in [2.45, 2.75) is 44.2 Å². The number of amides is 1. The lowest BCUT2D eigenvalue weighted by Gasteiger charge is -2.31. The number of benzene rings is 1. The predicted molar refractivity (Wildman–Crippen MR) is 117 cm³/mol. The first kappa shape index (κ1) is 20.2. The number of likely N-dealkylation sites (tertiary alicyclic amines) is 1. The molecule has 3 aromatic rings. The first-order chi connectivity index (χ1) is 15.3. The van der Waals surface area contributed by atoms with Gasteiger partial charge < -0.3 is 14.6 Å². The second-order valence-electron chi connectivity index (χ2n) is 8.54. The van der Waals surface area contributed by atoms with Crippen LogP contribution in [0.25, 0.3) is 10.9 Å². The number of hydrogen-bond donors (Lipinski definition) is 1. The van der Waals surface area contributed by atoms with E-state index < -0.39 is 0 Å². The molecule has 2 saturated heterocycles. The SMILES string of the molecule is O=C(NC1CCCOC1)c1cc(C2CCN(Cc3ccnc4ccccc34)CC2)no1. The van der Waals surface area contributed by atoms with Crippen LogP contribution in [0.4, 0.5) is 0 Å². The van der Waals surface area contributed by atoms with Gasteiger partial charge in [-0.2, -0.15) is 0 Å². The highest BCUT2D eigenvalue weighted by Gasteiger charge is 2.26. The molecule has 1 aromatic carbocycles. The van der Waals surface area contributed by atoms with Gasteiger partial charge in [-0.1, -0.05) is 23.4 Å². The van der Waals surface area contributed by atoms with Crippen molar-refractivity contribution < 1.29 is 14.1 Å². The van der Waals surface area contributed by atoms with Gasteiger partial charge in [-0.15, -0.1) is 0 Å². The molecule has 0 spiro atoms.